The molecule has 0 aromatic heterocycles. The van der Waals surface area contributed by atoms with Crippen LogP contribution in [0.15, 0.2) is 18.2 Å². The fraction of sp³-hybridized carbons (Fsp3) is 0.533. The van der Waals surface area contributed by atoms with Crippen molar-refractivity contribution in [1.29, 1.82) is 0 Å². The lowest BCUT2D eigenvalue weighted by Gasteiger charge is -2.18. The average molecular weight is 264 g/mol. The van der Waals surface area contributed by atoms with Crippen molar-refractivity contribution in [1.82, 2.24) is 4.90 Å². The van der Waals surface area contributed by atoms with Crippen molar-refractivity contribution >= 4 is 11.7 Å². The number of hydrogen-bond donors (Lipinski definition) is 1. The molecule has 19 heavy (non-hydrogen) atoms. The smallest absolute Gasteiger partial charge is 0.338 e. The molecule has 0 atom stereocenters. The highest BCUT2D eigenvalue weighted by atomic mass is 16.5. The number of ether oxygens (including phenoxy) is 1. The molecule has 0 unspecified atom stereocenters. The van der Waals surface area contributed by atoms with Gasteiger partial charge in [-0.05, 0) is 50.2 Å². The van der Waals surface area contributed by atoms with Gasteiger partial charge in [-0.2, -0.15) is 0 Å². The van der Waals surface area contributed by atoms with Crippen LogP contribution in [0.5, 0.6) is 0 Å². The third kappa shape index (κ3) is 4.56. The van der Waals surface area contributed by atoms with Crippen LogP contribution >= 0.6 is 0 Å². The molecular weight excluding hydrogens is 240 g/mol. The van der Waals surface area contributed by atoms with Crippen LogP contribution in [-0.4, -0.2) is 37.1 Å². The van der Waals surface area contributed by atoms with Gasteiger partial charge < -0.3 is 15.4 Å². The second kappa shape index (κ2) is 7.79. The molecule has 0 aliphatic heterocycles. The quantitative estimate of drug-likeness (QED) is 0.606. The third-order valence-corrected chi connectivity index (χ3v) is 3.22. The monoisotopic (exact) mass is 264 g/mol. The maximum Gasteiger partial charge on any atom is 0.338 e. The summed E-state index contributed by atoms with van der Waals surface area (Å²) in [4.78, 5) is 14.2. The number of nitrogens with two attached hydrogens (primary N) is 1. The molecule has 4 nitrogen and oxygen atoms in total. The minimum Gasteiger partial charge on any atom is -0.462 e. The molecule has 0 amide bonds. The molecule has 0 saturated heterocycles. The van der Waals surface area contributed by atoms with Gasteiger partial charge in [-0.1, -0.05) is 13.8 Å². The third-order valence-electron chi connectivity index (χ3n) is 3.22. The highest BCUT2D eigenvalue weighted by Crippen LogP contribution is 2.16. The van der Waals surface area contributed by atoms with Crippen LogP contribution in [0.4, 0.5) is 5.69 Å². The second-order valence-corrected chi connectivity index (χ2v) is 4.41. The van der Waals surface area contributed by atoms with Gasteiger partial charge in [-0.15, -0.1) is 0 Å². The van der Waals surface area contributed by atoms with Crippen molar-refractivity contribution in [3.05, 3.63) is 29.3 Å². The molecule has 0 spiro atoms. The SMILES string of the molecule is CCOC(=O)c1ccc(N)cc1CCN(CC)CC. The van der Waals surface area contributed by atoms with Gasteiger partial charge in [-0.3, -0.25) is 0 Å². The molecular formula is C15H24N2O2. The number of anilines is 1. The van der Waals surface area contributed by atoms with Gasteiger partial charge >= 0.3 is 5.97 Å². The number of benzene rings is 1. The minimum absolute atomic E-state index is 0.267. The highest BCUT2D eigenvalue weighted by molar-refractivity contribution is 5.91. The lowest BCUT2D eigenvalue weighted by atomic mass is 10.0. The van der Waals surface area contributed by atoms with Crippen LogP contribution in [0.25, 0.3) is 0 Å². The molecule has 0 aliphatic rings. The molecule has 1 aromatic rings. The Kier molecular flexibility index (Phi) is 6.36. The summed E-state index contributed by atoms with van der Waals surface area (Å²) in [6.07, 6.45) is 0.806. The van der Waals surface area contributed by atoms with Gasteiger partial charge in [0.05, 0.1) is 12.2 Å². The van der Waals surface area contributed by atoms with E-state index in [1.54, 1.807) is 12.1 Å². The highest BCUT2D eigenvalue weighted by Gasteiger charge is 2.13. The molecule has 2 N–H and O–H groups in total. The molecule has 0 saturated carbocycles. The summed E-state index contributed by atoms with van der Waals surface area (Å²) in [5.41, 5.74) is 8.08. The number of carbonyl (C=O) groups is 1. The normalized spacial score (nSPS) is 10.7. The Labute approximate surface area is 115 Å². The van der Waals surface area contributed by atoms with Gasteiger partial charge in [-0.25, -0.2) is 4.79 Å². The van der Waals surface area contributed by atoms with E-state index >= 15 is 0 Å². The van der Waals surface area contributed by atoms with Crippen molar-refractivity contribution in [2.45, 2.75) is 27.2 Å². The number of rotatable bonds is 7. The van der Waals surface area contributed by atoms with Crippen LogP contribution in [0, 0.1) is 0 Å². The van der Waals surface area contributed by atoms with Crippen molar-refractivity contribution in [2.75, 3.05) is 32.0 Å². The van der Waals surface area contributed by atoms with Gasteiger partial charge in [0.25, 0.3) is 0 Å². The summed E-state index contributed by atoms with van der Waals surface area (Å²) in [6, 6.07) is 5.37. The molecule has 106 valence electrons. The summed E-state index contributed by atoms with van der Waals surface area (Å²) >= 11 is 0. The lowest BCUT2D eigenvalue weighted by Crippen LogP contribution is -2.26. The lowest BCUT2D eigenvalue weighted by molar-refractivity contribution is 0.0525. The number of esters is 1. The first-order valence-corrected chi connectivity index (χ1v) is 6.90. The van der Waals surface area contributed by atoms with E-state index in [1.165, 1.54) is 0 Å². The molecule has 0 fully saturated rings. The van der Waals surface area contributed by atoms with E-state index in [0.29, 0.717) is 17.9 Å². The zero-order chi connectivity index (χ0) is 14.3. The summed E-state index contributed by atoms with van der Waals surface area (Å²) < 4.78 is 5.07. The predicted molar refractivity (Wildman–Crippen MR) is 78.3 cm³/mol. The number of nitrogens with zero attached hydrogens (tertiary/aromatic N) is 1. The van der Waals surface area contributed by atoms with E-state index in [0.717, 1.165) is 31.6 Å². The minimum atomic E-state index is -0.267. The number of nitrogen functional groups attached to an aromatic ring is 1. The van der Waals surface area contributed by atoms with Gasteiger partial charge in [0, 0.05) is 12.2 Å². The van der Waals surface area contributed by atoms with Gasteiger partial charge in [0.15, 0.2) is 0 Å². The largest absolute Gasteiger partial charge is 0.462 e. The van der Waals surface area contributed by atoms with Crippen LogP contribution in [0.2, 0.25) is 0 Å². The van der Waals surface area contributed by atoms with Crippen molar-refractivity contribution < 1.29 is 9.53 Å². The first-order valence-electron chi connectivity index (χ1n) is 6.90. The van der Waals surface area contributed by atoms with Gasteiger partial charge in [0.2, 0.25) is 0 Å². The molecule has 0 bridgehead atoms. The van der Waals surface area contributed by atoms with E-state index in [-0.39, 0.29) is 5.97 Å². The van der Waals surface area contributed by atoms with Crippen molar-refractivity contribution in [3.63, 3.8) is 0 Å². The van der Waals surface area contributed by atoms with E-state index < -0.39 is 0 Å². The maximum atomic E-state index is 11.9. The van der Waals surface area contributed by atoms with Crippen LogP contribution in [-0.2, 0) is 11.2 Å². The van der Waals surface area contributed by atoms with Crippen LogP contribution in [0.3, 0.4) is 0 Å². The van der Waals surface area contributed by atoms with Crippen LogP contribution < -0.4 is 5.73 Å². The zero-order valence-corrected chi connectivity index (χ0v) is 12.1. The standard InChI is InChI=1S/C15H24N2O2/c1-4-17(5-2)10-9-12-11-13(16)7-8-14(12)15(18)19-6-3/h7-8,11H,4-6,9-10,16H2,1-3H3. The Hall–Kier alpha value is -1.55. The van der Waals surface area contributed by atoms with E-state index in [1.807, 2.05) is 13.0 Å². The molecule has 0 radical (unpaired) electrons. The summed E-state index contributed by atoms with van der Waals surface area (Å²) in [5.74, 6) is -0.267. The maximum absolute atomic E-state index is 11.9. The second-order valence-electron chi connectivity index (χ2n) is 4.41. The van der Waals surface area contributed by atoms with E-state index in [2.05, 4.69) is 18.7 Å². The fourth-order valence-electron chi connectivity index (χ4n) is 2.05. The number of hydrogen-bond acceptors (Lipinski definition) is 4. The number of carbonyl (C=O) groups excluding carboxylic acids is 1. The molecule has 4 heteroatoms. The van der Waals surface area contributed by atoms with Crippen molar-refractivity contribution in [3.8, 4) is 0 Å². The molecule has 0 heterocycles. The summed E-state index contributed by atoms with van der Waals surface area (Å²) in [7, 11) is 0. The summed E-state index contributed by atoms with van der Waals surface area (Å²) in [6.45, 7) is 9.40. The summed E-state index contributed by atoms with van der Waals surface area (Å²) in [5, 5.41) is 0. The molecule has 0 aliphatic carbocycles. The Morgan fingerprint density at radius 1 is 1.26 bits per heavy atom. The zero-order valence-electron chi connectivity index (χ0n) is 12.1. The Balaban J connectivity index is 2.85. The molecule has 1 aromatic carbocycles. The average Bonchev–Trinajstić information content (AvgIpc) is 2.40. The topological polar surface area (TPSA) is 55.6 Å². The van der Waals surface area contributed by atoms with E-state index in [9.17, 15) is 4.79 Å². The predicted octanol–water partition coefficient (Wildman–Crippen LogP) is 2.33. The Morgan fingerprint density at radius 3 is 2.53 bits per heavy atom. The molecule has 1 rings (SSSR count). The first-order chi connectivity index (χ1) is 9.12. The number of likely N-dealkylation sites (N-methyl/N-ethyl adjacent to an activating group) is 1. The van der Waals surface area contributed by atoms with Crippen molar-refractivity contribution in [2.24, 2.45) is 0 Å². The Bertz CT molecular complexity index is 415. The van der Waals surface area contributed by atoms with E-state index in [4.69, 9.17) is 10.5 Å². The fourth-order valence-corrected chi connectivity index (χ4v) is 2.05. The first kappa shape index (κ1) is 15.5. The van der Waals surface area contributed by atoms with Gasteiger partial charge in [0.1, 0.15) is 0 Å². The van der Waals surface area contributed by atoms with Crippen LogP contribution in [0.1, 0.15) is 36.7 Å². The Morgan fingerprint density at radius 2 is 1.95 bits per heavy atom.